The van der Waals surface area contributed by atoms with Crippen LogP contribution in [0.4, 0.5) is 4.39 Å². The second kappa shape index (κ2) is 6.11. The summed E-state index contributed by atoms with van der Waals surface area (Å²) in [7, 11) is 0. The lowest BCUT2D eigenvalue weighted by Gasteiger charge is -2.01. The maximum Gasteiger partial charge on any atom is 0.263 e. The van der Waals surface area contributed by atoms with Crippen LogP contribution >= 0.6 is 11.3 Å². The van der Waals surface area contributed by atoms with Gasteiger partial charge in [-0.15, -0.1) is 11.3 Å². The summed E-state index contributed by atoms with van der Waals surface area (Å²) in [4.78, 5) is 17.2. The first kappa shape index (κ1) is 14.5. The Morgan fingerprint density at radius 2 is 2.09 bits per heavy atom. The average molecular weight is 316 g/mol. The van der Waals surface area contributed by atoms with Crippen LogP contribution < -0.4 is 5.32 Å². The molecule has 0 aliphatic carbocycles. The van der Waals surface area contributed by atoms with Crippen LogP contribution in [0.3, 0.4) is 0 Å². The third kappa shape index (κ3) is 3.07. The minimum Gasteiger partial charge on any atom is -0.467 e. The molecule has 0 atom stereocenters. The second-order valence-electron chi connectivity index (χ2n) is 4.70. The van der Waals surface area contributed by atoms with E-state index in [0.29, 0.717) is 27.9 Å². The highest BCUT2D eigenvalue weighted by molar-refractivity contribution is 7.17. The molecule has 3 rings (SSSR count). The number of nitrogens with zero attached hydrogens (tertiary/aromatic N) is 1. The van der Waals surface area contributed by atoms with Gasteiger partial charge in [-0.05, 0) is 43.3 Å². The van der Waals surface area contributed by atoms with Crippen molar-refractivity contribution in [3.05, 3.63) is 64.8 Å². The highest BCUT2D eigenvalue weighted by Gasteiger charge is 2.16. The van der Waals surface area contributed by atoms with Crippen molar-refractivity contribution in [2.75, 3.05) is 0 Å². The zero-order valence-corrected chi connectivity index (χ0v) is 12.6. The lowest BCUT2D eigenvalue weighted by Crippen LogP contribution is -2.22. The molecular formula is C16H13FN2O2S. The molecule has 2 aromatic heterocycles. The molecule has 0 aliphatic rings. The number of hydrogen-bond acceptors (Lipinski definition) is 4. The SMILES string of the molecule is Cc1nc(-c2ccc(F)cc2)sc1C(=O)NCc1ccco1. The Morgan fingerprint density at radius 1 is 1.32 bits per heavy atom. The highest BCUT2D eigenvalue weighted by atomic mass is 32.1. The number of aryl methyl sites for hydroxylation is 1. The molecule has 0 radical (unpaired) electrons. The fourth-order valence-corrected chi connectivity index (χ4v) is 2.97. The third-order valence-corrected chi connectivity index (χ3v) is 4.30. The number of rotatable bonds is 4. The number of amides is 1. The molecule has 112 valence electrons. The van der Waals surface area contributed by atoms with Crippen LogP contribution in [0.5, 0.6) is 0 Å². The summed E-state index contributed by atoms with van der Waals surface area (Å²) < 4.78 is 18.1. The molecule has 0 aliphatic heterocycles. The smallest absolute Gasteiger partial charge is 0.263 e. The summed E-state index contributed by atoms with van der Waals surface area (Å²) >= 11 is 1.29. The maximum absolute atomic E-state index is 13.0. The Balaban J connectivity index is 1.76. The van der Waals surface area contributed by atoms with E-state index in [2.05, 4.69) is 10.3 Å². The number of carbonyl (C=O) groups is 1. The first-order valence-electron chi connectivity index (χ1n) is 6.67. The van der Waals surface area contributed by atoms with Gasteiger partial charge < -0.3 is 9.73 Å². The van der Waals surface area contributed by atoms with Crippen molar-refractivity contribution in [3.8, 4) is 10.6 Å². The molecular weight excluding hydrogens is 303 g/mol. The topological polar surface area (TPSA) is 55.1 Å². The first-order chi connectivity index (χ1) is 10.6. The minimum atomic E-state index is -0.298. The van der Waals surface area contributed by atoms with Crippen molar-refractivity contribution in [1.29, 1.82) is 0 Å². The van der Waals surface area contributed by atoms with E-state index in [1.54, 1.807) is 37.5 Å². The third-order valence-electron chi connectivity index (χ3n) is 3.10. The molecule has 3 aromatic rings. The molecule has 0 spiro atoms. The van der Waals surface area contributed by atoms with E-state index in [-0.39, 0.29) is 11.7 Å². The summed E-state index contributed by atoms with van der Waals surface area (Å²) in [6, 6.07) is 9.62. The predicted octanol–water partition coefficient (Wildman–Crippen LogP) is 3.78. The molecule has 1 aromatic carbocycles. The Hall–Kier alpha value is -2.47. The Bertz CT molecular complexity index is 779. The van der Waals surface area contributed by atoms with Gasteiger partial charge in [0.25, 0.3) is 5.91 Å². The molecule has 2 heterocycles. The van der Waals surface area contributed by atoms with Gasteiger partial charge in [0.1, 0.15) is 21.5 Å². The number of hydrogen-bond donors (Lipinski definition) is 1. The van der Waals surface area contributed by atoms with E-state index < -0.39 is 0 Å². The van der Waals surface area contributed by atoms with Crippen LogP contribution in [0, 0.1) is 12.7 Å². The number of thiazole rings is 1. The summed E-state index contributed by atoms with van der Waals surface area (Å²) in [6.45, 7) is 2.11. The number of furan rings is 1. The largest absolute Gasteiger partial charge is 0.467 e. The van der Waals surface area contributed by atoms with Gasteiger partial charge in [-0.1, -0.05) is 0 Å². The molecule has 0 unspecified atom stereocenters. The molecule has 0 saturated carbocycles. The second-order valence-corrected chi connectivity index (χ2v) is 5.70. The number of nitrogens with one attached hydrogen (secondary N) is 1. The molecule has 6 heteroatoms. The van der Waals surface area contributed by atoms with Gasteiger partial charge in [0.2, 0.25) is 0 Å². The number of benzene rings is 1. The molecule has 4 nitrogen and oxygen atoms in total. The van der Waals surface area contributed by atoms with Crippen LogP contribution in [0.2, 0.25) is 0 Å². The maximum atomic E-state index is 13.0. The normalized spacial score (nSPS) is 10.6. The standard InChI is InChI=1S/C16H13FN2O2S/c1-10-14(15(20)18-9-13-3-2-8-21-13)22-16(19-10)11-4-6-12(17)7-5-11/h2-8H,9H2,1H3,(H,18,20). The molecule has 1 N–H and O–H groups in total. The Labute approximate surface area is 130 Å². The van der Waals surface area contributed by atoms with Gasteiger partial charge in [0.15, 0.2) is 0 Å². The van der Waals surface area contributed by atoms with Crippen LogP contribution in [0.25, 0.3) is 10.6 Å². The van der Waals surface area contributed by atoms with Crippen molar-refractivity contribution in [3.63, 3.8) is 0 Å². The summed E-state index contributed by atoms with van der Waals surface area (Å²) in [5.74, 6) is 0.197. The molecule has 0 saturated heterocycles. The fourth-order valence-electron chi connectivity index (χ4n) is 1.98. The number of aromatic nitrogens is 1. The van der Waals surface area contributed by atoms with Crippen LogP contribution in [0.1, 0.15) is 21.1 Å². The van der Waals surface area contributed by atoms with Gasteiger partial charge in [-0.2, -0.15) is 0 Å². The fraction of sp³-hybridized carbons (Fsp3) is 0.125. The highest BCUT2D eigenvalue weighted by Crippen LogP contribution is 2.28. The summed E-state index contributed by atoms with van der Waals surface area (Å²) in [5.41, 5.74) is 1.45. The molecule has 22 heavy (non-hydrogen) atoms. The van der Waals surface area contributed by atoms with E-state index in [1.807, 2.05) is 0 Å². The van der Waals surface area contributed by atoms with E-state index in [4.69, 9.17) is 4.42 Å². The van der Waals surface area contributed by atoms with E-state index in [9.17, 15) is 9.18 Å². The number of carbonyl (C=O) groups excluding carboxylic acids is 1. The predicted molar refractivity (Wildman–Crippen MR) is 82.1 cm³/mol. The van der Waals surface area contributed by atoms with Gasteiger partial charge in [-0.25, -0.2) is 9.37 Å². The lowest BCUT2D eigenvalue weighted by atomic mass is 10.2. The van der Waals surface area contributed by atoms with Gasteiger partial charge in [-0.3, -0.25) is 4.79 Å². The molecule has 0 fully saturated rings. The van der Waals surface area contributed by atoms with Crippen LogP contribution in [0.15, 0.2) is 47.1 Å². The van der Waals surface area contributed by atoms with Crippen molar-refractivity contribution >= 4 is 17.2 Å². The molecule has 0 bridgehead atoms. The van der Waals surface area contributed by atoms with Crippen molar-refractivity contribution in [2.24, 2.45) is 0 Å². The van der Waals surface area contributed by atoms with E-state index in [1.165, 1.54) is 23.5 Å². The molecule has 1 amide bonds. The zero-order valence-electron chi connectivity index (χ0n) is 11.8. The van der Waals surface area contributed by atoms with Crippen LogP contribution in [-0.4, -0.2) is 10.9 Å². The first-order valence-corrected chi connectivity index (χ1v) is 7.49. The van der Waals surface area contributed by atoms with Crippen molar-refractivity contribution in [2.45, 2.75) is 13.5 Å². The van der Waals surface area contributed by atoms with Crippen LogP contribution in [-0.2, 0) is 6.54 Å². The quantitative estimate of drug-likeness (QED) is 0.797. The van der Waals surface area contributed by atoms with Gasteiger partial charge >= 0.3 is 0 Å². The monoisotopic (exact) mass is 316 g/mol. The Kier molecular flexibility index (Phi) is 4.02. The Morgan fingerprint density at radius 3 is 2.77 bits per heavy atom. The lowest BCUT2D eigenvalue weighted by molar-refractivity contribution is 0.0951. The van der Waals surface area contributed by atoms with Crippen molar-refractivity contribution < 1.29 is 13.6 Å². The zero-order chi connectivity index (χ0) is 15.5. The van der Waals surface area contributed by atoms with Gasteiger partial charge in [0.05, 0.1) is 18.5 Å². The average Bonchev–Trinajstić information content (AvgIpc) is 3.15. The minimum absolute atomic E-state index is 0.195. The van der Waals surface area contributed by atoms with E-state index in [0.717, 1.165) is 5.56 Å². The number of halogens is 1. The summed E-state index contributed by atoms with van der Waals surface area (Å²) in [6.07, 6.45) is 1.56. The van der Waals surface area contributed by atoms with Gasteiger partial charge in [0, 0.05) is 5.56 Å². The summed E-state index contributed by atoms with van der Waals surface area (Å²) in [5, 5.41) is 3.49. The van der Waals surface area contributed by atoms with Crippen molar-refractivity contribution in [1.82, 2.24) is 10.3 Å². The van der Waals surface area contributed by atoms with E-state index >= 15 is 0 Å².